The van der Waals surface area contributed by atoms with Crippen molar-refractivity contribution in [1.29, 1.82) is 0 Å². The fourth-order valence-electron chi connectivity index (χ4n) is 2.08. The lowest BCUT2D eigenvalue weighted by Gasteiger charge is -2.10. The van der Waals surface area contributed by atoms with Gasteiger partial charge in [0.1, 0.15) is 0 Å². The molecule has 0 saturated carbocycles. The van der Waals surface area contributed by atoms with Crippen molar-refractivity contribution in [2.75, 3.05) is 19.6 Å². The van der Waals surface area contributed by atoms with Gasteiger partial charge in [-0.3, -0.25) is 0 Å². The average molecular weight is 333 g/mol. The molecule has 1 fully saturated rings. The maximum atomic E-state index is 12.0. The summed E-state index contributed by atoms with van der Waals surface area (Å²) in [6.45, 7) is 2.54. The van der Waals surface area contributed by atoms with Crippen molar-refractivity contribution in [3.63, 3.8) is 0 Å². The quantitative estimate of drug-likeness (QED) is 0.863. The Hall–Kier alpha value is -0.430. The van der Waals surface area contributed by atoms with Crippen LogP contribution < -0.4 is 10.0 Å². The van der Waals surface area contributed by atoms with Gasteiger partial charge in [0.05, 0.1) is 4.90 Å². The maximum Gasteiger partial charge on any atom is 0.240 e. The van der Waals surface area contributed by atoms with Gasteiger partial charge in [0, 0.05) is 11.0 Å². The highest BCUT2D eigenvalue weighted by molar-refractivity contribution is 9.10. The molecule has 1 aliphatic heterocycles. The zero-order valence-electron chi connectivity index (χ0n) is 10.0. The third kappa shape index (κ3) is 3.78. The van der Waals surface area contributed by atoms with Gasteiger partial charge in [0.25, 0.3) is 0 Å². The molecule has 0 amide bonds. The van der Waals surface area contributed by atoms with Crippen molar-refractivity contribution >= 4 is 26.0 Å². The largest absolute Gasteiger partial charge is 0.316 e. The monoisotopic (exact) mass is 332 g/mol. The molecule has 0 bridgehead atoms. The third-order valence-corrected chi connectivity index (χ3v) is 5.07. The van der Waals surface area contributed by atoms with Crippen molar-refractivity contribution in [2.24, 2.45) is 5.92 Å². The summed E-state index contributed by atoms with van der Waals surface area (Å²) in [5.41, 5.74) is 0. The second-order valence-electron chi connectivity index (χ2n) is 4.50. The van der Waals surface area contributed by atoms with E-state index in [0.29, 0.717) is 17.4 Å². The van der Waals surface area contributed by atoms with Crippen molar-refractivity contribution in [3.05, 3.63) is 28.7 Å². The Labute approximate surface area is 116 Å². The third-order valence-electron chi connectivity index (χ3n) is 3.11. The summed E-state index contributed by atoms with van der Waals surface area (Å²) in [4.78, 5) is 0.307. The molecular formula is C12H17BrN2O2S. The summed E-state index contributed by atoms with van der Waals surface area (Å²) in [5.74, 6) is 0.593. The van der Waals surface area contributed by atoms with Gasteiger partial charge in [-0.25, -0.2) is 13.1 Å². The highest BCUT2D eigenvalue weighted by atomic mass is 79.9. The lowest BCUT2D eigenvalue weighted by molar-refractivity contribution is 0.519. The van der Waals surface area contributed by atoms with Crippen LogP contribution >= 0.6 is 15.9 Å². The number of halogens is 1. The summed E-state index contributed by atoms with van der Waals surface area (Å²) in [6.07, 6.45) is 2.03. The summed E-state index contributed by atoms with van der Waals surface area (Å²) < 4.78 is 27.4. The van der Waals surface area contributed by atoms with Crippen LogP contribution in [0.1, 0.15) is 12.8 Å². The van der Waals surface area contributed by atoms with Crippen molar-refractivity contribution < 1.29 is 8.42 Å². The maximum absolute atomic E-state index is 12.0. The molecule has 1 atom stereocenters. The average Bonchev–Trinajstić information content (AvgIpc) is 2.82. The van der Waals surface area contributed by atoms with Crippen LogP contribution in [0.15, 0.2) is 33.6 Å². The van der Waals surface area contributed by atoms with Crippen LogP contribution in [0.3, 0.4) is 0 Å². The van der Waals surface area contributed by atoms with Gasteiger partial charge < -0.3 is 5.32 Å². The summed E-state index contributed by atoms with van der Waals surface area (Å²) in [6, 6.07) is 6.74. The van der Waals surface area contributed by atoms with Crippen molar-refractivity contribution in [1.82, 2.24) is 10.0 Å². The molecule has 1 aromatic rings. The molecule has 1 aromatic carbocycles. The van der Waals surface area contributed by atoms with Gasteiger partial charge in [0.15, 0.2) is 0 Å². The Bertz CT molecular complexity index is 499. The van der Waals surface area contributed by atoms with Crippen molar-refractivity contribution in [3.8, 4) is 0 Å². The van der Waals surface area contributed by atoms with Crippen LogP contribution in [0, 0.1) is 5.92 Å². The van der Waals surface area contributed by atoms with E-state index in [0.717, 1.165) is 30.4 Å². The zero-order chi connectivity index (χ0) is 13.0. The predicted octanol–water partition coefficient (Wildman–Crippen LogP) is 1.73. The SMILES string of the molecule is O=S(=O)(NCCC1CCNC1)c1cccc(Br)c1. The van der Waals surface area contributed by atoms with Gasteiger partial charge in [0.2, 0.25) is 10.0 Å². The molecule has 18 heavy (non-hydrogen) atoms. The molecule has 4 nitrogen and oxygen atoms in total. The van der Waals surface area contributed by atoms with E-state index in [9.17, 15) is 8.42 Å². The minimum atomic E-state index is -3.37. The molecule has 6 heteroatoms. The number of benzene rings is 1. The first-order valence-corrected chi connectivity index (χ1v) is 8.31. The van der Waals surface area contributed by atoms with E-state index in [1.165, 1.54) is 0 Å². The Kier molecular flexibility index (Phi) is 4.77. The second kappa shape index (κ2) is 6.14. The standard InChI is InChI=1S/C12H17BrN2O2S/c13-11-2-1-3-12(8-11)18(16,17)15-7-5-10-4-6-14-9-10/h1-3,8,10,14-15H,4-7,9H2. The van der Waals surface area contributed by atoms with Crippen LogP contribution in [0.2, 0.25) is 0 Å². The van der Waals surface area contributed by atoms with E-state index in [-0.39, 0.29) is 0 Å². The van der Waals surface area contributed by atoms with Crippen LogP contribution in [0.5, 0.6) is 0 Å². The minimum Gasteiger partial charge on any atom is -0.316 e. The number of hydrogen-bond acceptors (Lipinski definition) is 3. The molecule has 1 saturated heterocycles. The van der Waals surface area contributed by atoms with Crippen LogP contribution in [0.25, 0.3) is 0 Å². The van der Waals surface area contributed by atoms with Crippen LogP contribution in [0.4, 0.5) is 0 Å². The van der Waals surface area contributed by atoms with Gasteiger partial charge >= 0.3 is 0 Å². The Morgan fingerprint density at radius 1 is 1.44 bits per heavy atom. The van der Waals surface area contributed by atoms with E-state index < -0.39 is 10.0 Å². The molecule has 100 valence electrons. The lowest BCUT2D eigenvalue weighted by Crippen LogP contribution is -2.26. The summed E-state index contributed by atoms with van der Waals surface area (Å²) >= 11 is 3.28. The van der Waals surface area contributed by atoms with Gasteiger partial charge in [-0.05, 0) is 50.0 Å². The summed E-state index contributed by atoms with van der Waals surface area (Å²) in [7, 11) is -3.37. The smallest absolute Gasteiger partial charge is 0.240 e. The molecule has 1 heterocycles. The fraction of sp³-hybridized carbons (Fsp3) is 0.500. The number of nitrogens with one attached hydrogen (secondary N) is 2. The molecule has 1 aliphatic rings. The minimum absolute atomic E-state index is 0.307. The molecule has 2 rings (SSSR count). The van der Waals surface area contributed by atoms with Gasteiger partial charge in [-0.2, -0.15) is 0 Å². The number of hydrogen-bond donors (Lipinski definition) is 2. The normalized spacial score (nSPS) is 20.2. The van der Waals surface area contributed by atoms with Gasteiger partial charge in [-0.15, -0.1) is 0 Å². The first-order chi connectivity index (χ1) is 8.58. The van der Waals surface area contributed by atoms with Crippen LogP contribution in [-0.4, -0.2) is 28.1 Å². The van der Waals surface area contributed by atoms with Crippen molar-refractivity contribution in [2.45, 2.75) is 17.7 Å². The Morgan fingerprint density at radius 3 is 2.94 bits per heavy atom. The van der Waals surface area contributed by atoms with E-state index in [1.54, 1.807) is 18.2 Å². The molecule has 1 unspecified atom stereocenters. The first kappa shape index (κ1) is 14.0. The van der Waals surface area contributed by atoms with Crippen LogP contribution in [-0.2, 0) is 10.0 Å². The van der Waals surface area contributed by atoms with E-state index in [2.05, 4.69) is 26.0 Å². The van der Waals surface area contributed by atoms with E-state index in [4.69, 9.17) is 0 Å². The van der Waals surface area contributed by atoms with E-state index in [1.807, 2.05) is 6.07 Å². The number of rotatable bonds is 5. The predicted molar refractivity (Wildman–Crippen MR) is 74.9 cm³/mol. The molecule has 0 radical (unpaired) electrons. The highest BCUT2D eigenvalue weighted by Gasteiger charge is 2.17. The Morgan fingerprint density at radius 2 is 2.28 bits per heavy atom. The topological polar surface area (TPSA) is 58.2 Å². The first-order valence-electron chi connectivity index (χ1n) is 6.04. The zero-order valence-corrected chi connectivity index (χ0v) is 12.4. The second-order valence-corrected chi connectivity index (χ2v) is 7.19. The van der Waals surface area contributed by atoms with Gasteiger partial charge in [-0.1, -0.05) is 22.0 Å². The molecule has 0 aliphatic carbocycles. The molecular weight excluding hydrogens is 316 g/mol. The molecule has 0 spiro atoms. The fourth-order valence-corrected chi connectivity index (χ4v) is 3.72. The highest BCUT2D eigenvalue weighted by Crippen LogP contribution is 2.16. The Balaban J connectivity index is 1.90. The number of sulfonamides is 1. The lowest BCUT2D eigenvalue weighted by atomic mass is 10.1. The van der Waals surface area contributed by atoms with E-state index >= 15 is 0 Å². The summed E-state index contributed by atoms with van der Waals surface area (Å²) in [5, 5.41) is 3.28. The molecule has 2 N–H and O–H groups in total. The molecule has 0 aromatic heterocycles.